The molecule has 2 rings (SSSR count). The van der Waals surface area contributed by atoms with E-state index in [1.807, 2.05) is 11.6 Å². The Morgan fingerprint density at radius 3 is 2.50 bits per heavy atom. The van der Waals surface area contributed by atoms with Crippen molar-refractivity contribution >= 4 is 0 Å². The largest absolute Gasteiger partial charge is 0.311 e. The lowest BCUT2D eigenvalue weighted by Gasteiger charge is -2.13. The topological polar surface area (TPSA) is 46.9 Å². The zero-order valence-corrected chi connectivity index (χ0v) is 13.9. The van der Waals surface area contributed by atoms with E-state index in [0.29, 0.717) is 18.2 Å². The van der Waals surface area contributed by atoms with E-state index < -0.39 is 0 Å². The van der Waals surface area contributed by atoms with Gasteiger partial charge in [0.15, 0.2) is 0 Å². The molecule has 0 aliphatic heterocycles. The minimum atomic E-state index is -0.00356. The van der Waals surface area contributed by atoms with E-state index in [0.717, 1.165) is 24.3 Å². The van der Waals surface area contributed by atoms with Crippen LogP contribution in [0.4, 0.5) is 0 Å². The monoisotopic (exact) mass is 299 g/mol. The Kier molecular flexibility index (Phi) is 5.50. The van der Waals surface area contributed by atoms with Crippen LogP contribution in [0.3, 0.4) is 0 Å². The second kappa shape index (κ2) is 7.36. The summed E-state index contributed by atoms with van der Waals surface area (Å²) < 4.78 is 1.84. The minimum absolute atomic E-state index is 0.00356. The van der Waals surface area contributed by atoms with Gasteiger partial charge in [-0.3, -0.25) is 4.79 Å². The van der Waals surface area contributed by atoms with Crippen molar-refractivity contribution < 1.29 is 0 Å². The molecule has 0 saturated carbocycles. The zero-order valence-electron chi connectivity index (χ0n) is 13.9. The van der Waals surface area contributed by atoms with Gasteiger partial charge in [0.25, 0.3) is 0 Å². The number of aryl methyl sites for hydroxylation is 1. The molecule has 0 unspecified atom stereocenters. The van der Waals surface area contributed by atoms with Crippen molar-refractivity contribution in [1.29, 1.82) is 0 Å². The molecule has 1 heterocycles. The molecule has 1 aromatic heterocycles. The van der Waals surface area contributed by atoms with E-state index in [4.69, 9.17) is 0 Å². The third-order valence-electron chi connectivity index (χ3n) is 3.70. The predicted octanol–water partition coefficient (Wildman–Crippen LogP) is 3.16. The molecule has 1 N–H and O–H groups in total. The minimum Gasteiger partial charge on any atom is -0.311 e. The van der Waals surface area contributed by atoms with Crippen LogP contribution in [0.2, 0.25) is 0 Å². The summed E-state index contributed by atoms with van der Waals surface area (Å²) >= 11 is 0. The van der Waals surface area contributed by atoms with Crippen LogP contribution < -0.4 is 10.7 Å². The highest BCUT2D eigenvalue weighted by Crippen LogP contribution is 2.17. The zero-order chi connectivity index (χ0) is 16.1. The maximum absolute atomic E-state index is 12.0. The summed E-state index contributed by atoms with van der Waals surface area (Å²) in [6.07, 6.45) is 1.04. The molecule has 118 valence electrons. The maximum atomic E-state index is 12.0. The molecule has 0 aliphatic rings. The van der Waals surface area contributed by atoms with E-state index in [1.165, 1.54) is 5.56 Å². The molecule has 0 bridgehead atoms. The molecular formula is C18H25N3O. The molecular weight excluding hydrogens is 274 g/mol. The van der Waals surface area contributed by atoms with Gasteiger partial charge in [-0.05, 0) is 43.5 Å². The van der Waals surface area contributed by atoms with Gasteiger partial charge in [-0.15, -0.1) is 0 Å². The number of nitrogens with one attached hydrogen (secondary N) is 1. The Hall–Kier alpha value is -1.94. The van der Waals surface area contributed by atoms with Crippen molar-refractivity contribution in [1.82, 2.24) is 15.1 Å². The Morgan fingerprint density at radius 1 is 1.23 bits per heavy atom. The number of aromatic nitrogens is 2. The molecule has 0 amide bonds. The van der Waals surface area contributed by atoms with Gasteiger partial charge in [-0.1, -0.05) is 32.9 Å². The summed E-state index contributed by atoms with van der Waals surface area (Å²) in [6, 6.07) is 10.0. The third-order valence-corrected chi connectivity index (χ3v) is 3.70. The average molecular weight is 299 g/mol. The van der Waals surface area contributed by atoms with Crippen molar-refractivity contribution in [2.24, 2.45) is 0 Å². The molecule has 4 nitrogen and oxygen atoms in total. The Balaban J connectivity index is 2.33. The number of rotatable bonds is 6. The highest BCUT2D eigenvalue weighted by atomic mass is 16.1. The van der Waals surface area contributed by atoms with Gasteiger partial charge in [-0.25, -0.2) is 4.68 Å². The van der Waals surface area contributed by atoms with E-state index in [-0.39, 0.29) is 5.43 Å². The molecule has 2 aromatic rings. The fourth-order valence-corrected chi connectivity index (χ4v) is 2.35. The maximum Gasteiger partial charge on any atom is 0.204 e. The summed E-state index contributed by atoms with van der Waals surface area (Å²) in [4.78, 5) is 12.0. The molecule has 4 heteroatoms. The number of benzene rings is 1. The van der Waals surface area contributed by atoms with Crippen LogP contribution in [-0.4, -0.2) is 16.3 Å². The second-order valence-corrected chi connectivity index (χ2v) is 5.93. The lowest BCUT2D eigenvalue weighted by molar-refractivity contribution is 0.636. The Bertz CT molecular complexity index is 672. The van der Waals surface area contributed by atoms with Crippen LogP contribution in [0, 0.1) is 6.92 Å². The number of nitrogens with zero attached hydrogens (tertiary/aromatic N) is 2. The number of hydrogen-bond acceptors (Lipinski definition) is 3. The standard InChI is InChI=1S/C18H25N3O/c1-5-10-19-12-17-18(22)11-14(4)21(20-17)16-8-6-15(7-9-16)13(2)3/h6-9,11,13,19H,5,10,12H2,1-4H3. The van der Waals surface area contributed by atoms with Gasteiger partial charge in [0.2, 0.25) is 5.43 Å². The smallest absolute Gasteiger partial charge is 0.204 e. The average Bonchev–Trinajstić information content (AvgIpc) is 2.50. The van der Waals surface area contributed by atoms with Crippen molar-refractivity contribution in [2.75, 3.05) is 6.54 Å². The molecule has 0 radical (unpaired) electrons. The Labute approximate surface area is 132 Å². The van der Waals surface area contributed by atoms with Crippen LogP contribution in [0.15, 0.2) is 35.1 Å². The molecule has 0 fully saturated rings. The first-order valence-corrected chi connectivity index (χ1v) is 7.93. The number of hydrogen-bond donors (Lipinski definition) is 1. The van der Waals surface area contributed by atoms with Gasteiger partial charge in [0, 0.05) is 18.3 Å². The molecule has 0 spiro atoms. The van der Waals surface area contributed by atoms with Crippen LogP contribution in [0.5, 0.6) is 0 Å². The lowest BCUT2D eigenvalue weighted by atomic mass is 10.0. The molecule has 0 atom stereocenters. The summed E-state index contributed by atoms with van der Waals surface area (Å²) in [5.74, 6) is 0.505. The highest BCUT2D eigenvalue weighted by Gasteiger charge is 2.08. The summed E-state index contributed by atoms with van der Waals surface area (Å²) in [7, 11) is 0. The van der Waals surface area contributed by atoms with E-state index in [2.05, 4.69) is 55.5 Å². The van der Waals surface area contributed by atoms with Crippen molar-refractivity contribution in [3.05, 3.63) is 57.5 Å². The molecule has 22 heavy (non-hydrogen) atoms. The first-order chi connectivity index (χ1) is 10.5. The van der Waals surface area contributed by atoms with Crippen LogP contribution in [0.25, 0.3) is 5.69 Å². The van der Waals surface area contributed by atoms with Gasteiger partial charge < -0.3 is 5.32 Å². The van der Waals surface area contributed by atoms with Gasteiger partial charge in [0.1, 0.15) is 5.69 Å². The fraction of sp³-hybridized carbons (Fsp3) is 0.444. The fourth-order valence-electron chi connectivity index (χ4n) is 2.35. The second-order valence-electron chi connectivity index (χ2n) is 5.93. The molecule has 0 saturated heterocycles. The van der Waals surface area contributed by atoms with Crippen molar-refractivity contribution in [3.63, 3.8) is 0 Å². The van der Waals surface area contributed by atoms with Crippen LogP contribution in [0.1, 0.15) is 50.1 Å². The summed E-state index contributed by atoms with van der Waals surface area (Å²) in [5, 5.41) is 7.77. The van der Waals surface area contributed by atoms with Crippen LogP contribution >= 0.6 is 0 Å². The SMILES string of the molecule is CCCNCc1nn(-c2ccc(C(C)C)cc2)c(C)cc1=O. The third kappa shape index (κ3) is 3.83. The molecule has 0 aliphatic carbocycles. The Morgan fingerprint density at radius 2 is 1.91 bits per heavy atom. The lowest BCUT2D eigenvalue weighted by Crippen LogP contribution is -2.25. The normalized spacial score (nSPS) is 11.1. The van der Waals surface area contributed by atoms with Crippen molar-refractivity contribution in [2.45, 2.75) is 46.6 Å². The van der Waals surface area contributed by atoms with E-state index in [1.54, 1.807) is 6.07 Å². The summed E-state index contributed by atoms with van der Waals surface area (Å²) in [6.45, 7) is 9.76. The quantitative estimate of drug-likeness (QED) is 0.833. The van der Waals surface area contributed by atoms with Gasteiger partial charge in [-0.2, -0.15) is 5.10 Å². The first kappa shape index (κ1) is 16.4. The van der Waals surface area contributed by atoms with Gasteiger partial charge >= 0.3 is 0 Å². The van der Waals surface area contributed by atoms with Crippen molar-refractivity contribution in [3.8, 4) is 5.69 Å². The van der Waals surface area contributed by atoms with E-state index in [9.17, 15) is 4.79 Å². The first-order valence-electron chi connectivity index (χ1n) is 7.93. The van der Waals surface area contributed by atoms with E-state index >= 15 is 0 Å². The highest BCUT2D eigenvalue weighted by molar-refractivity contribution is 5.36. The molecule has 1 aromatic carbocycles. The van der Waals surface area contributed by atoms with Crippen LogP contribution in [-0.2, 0) is 6.54 Å². The van der Waals surface area contributed by atoms with Gasteiger partial charge in [0.05, 0.1) is 5.69 Å². The summed E-state index contributed by atoms with van der Waals surface area (Å²) in [5.41, 5.74) is 3.69. The predicted molar refractivity (Wildman–Crippen MR) is 90.7 cm³/mol.